The Balaban J connectivity index is 1.59. The first kappa shape index (κ1) is 19.7. The highest BCUT2D eigenvalue weighted by Crippen LogP contribution is 2.69. The minimum absolute atomic E-state index is 0.0326. The first-order chi connectivity index (χ1) is 12.8. The van der Waals surface area contributed by atoms with Crippen molar-refractivity contribution in [2.45, 2.75) is 83.3 Å². The Morgan fingerprint density at radius 1 is 0.926 bits per heavy atom. The van der Waals surface area contributed by atoms with Gasteiger partial charge in [0.2, 0.25) is 0 Å². The summed E-state index contributed by atoms with van der Waals surface area (Å²) in [5.41, 5.74) is -0.276. The second-order valence-corrected chi connectivity index (χ2v) is 10.4. The Bertz CT molecular complexity index is 613. The molecule has 27 heavy (non-hydrogen) atoms. The van der Waals surface area contributed by atoms with Crippen LogP contribution in [0.3, 0.4) is 0 Å². The summed E-state index contributed by atoms with van der Waals surface area (Å²) in [6.45, 7) is 4.88. The molecule has 0 radical (unpaired) electrons. The largest absolute Gasteiger partial charge is 0.393 e. The van der Waals surface area contributed by atoms with Crippen molar-refractivity contribution in [1.82, 2.24) is 0 Å². The number of fused-ring (bicyclic) bond motifs is 5. The van der Waals surface area contributed by atoms with Gasteiger partial charge < -0.3 is 15.3 Å². The summed E-state index contributed by atoms with van der Waals surface area (Å²) in [6, 6.07) is 0. The second-order valence-electron chi connectivity index (χ2n) is 10.4. The van der Waals surface area contributed by atoms with Crippen molar-refractivity contribution in [3.63, 3.8) is 0 Å². The zero-order valence-electron chi connectivity index (χ0n) is 17.1. The van der Waals surface area contributed by atoms with Crippen molar-refractivity contribution in [3.8, 4) is 0 Å². The van der Waals surface area contributed by atoms with Crippen molar-refractivity contribution in [2.75, 3.05) is 6.61 Å². The topological polar surface area (TPSA) is 60.7 Å². The Morgan fingerprint density at radius 2 is 1.74 bits per heavy atom. The summed E-state index contributed by atoms with van der Waals surface area (Å²) >= 11 is 0. The maximum Gasteiger partial charge on any atom is 0.0737 e. The third kappa shape index (κ3) is 2.88. The van der Waals surface area contributed by atoms with Crippen LogP contribution in [0.15, 0.2) is 24.3 Å². The predicted octanol–water partition coefficient (Wildman–Crippen LogP) is 4.23. The highest BCUT2D eigenvalue weighted by atomic mass is 16.3. The number of hydrogen-bond donors (Lipinski definition) is 3. The van der Waals surface area contributed by atoms with E-state index in [1.165, 1.54) is 12.8 Å². The minimum Gasteiger partial charge on any atom is -0.393 e. The van der Waals surface area contributed by atoms with E-state index in [1.807, 2.05) is 6.08 Å². The molecule has 4 aliphatic rings. The standard InChI is InChI=1S/C24H38O3/c1-22-12-10-19(26)16-18(22)7-8-21-20(22)11-13-23(2)17(6-4-3-5-15-25)9-14-24(21,23)27/h3-6,17-21,25-27H,7-16H2,1-2H3/b5-3+,6-4+/t17-,18+,19-,20-,21+,22-,23+,24-/m0/s1. The highest BCUT2D eigenvalue weighted by molar-refractivity contribution is 5.20. The van der Waals surface area contributed by atoms with Gasteiger partial charge in [0.25, 0.3) is 0 Å². The molecule has 0 aromatic carbocycles. The van der Waals surface area contributed by atoms with Crippen LogP contribution in [0.25, 0.3) is 0 Å². The maximum absolute atomic E-state index is 12.1. The van der Waals surface area contributed by atoms with Gasteiger partial charge in [0, 0.05) is 5.41 Å². The monoisotopic (exact) mass is 374 g/mol. The lowest BCUT2D eigenvalue weighted by Crippen LogP contribution is -2.62. The van der Waals surface area contributed by atoms with Crippen LogP contribution in [0.5, 0.6) is 0 Å². The fraction of sp³-hybridized carbons (Fsp3) is 0.833. The van der Waals surface area contributed by atoms with Crippen molar-refractivity contribution in [1.29, 1.82) is 0 Å². The van der Waals surface area contributed by atoms with Crippen LogP contribution in [0.4, 0.5) is 0 Å². The third-order valence-electron chi connectivity index (χ3n) is 9.59. The molecule has 0 amide bonds. The van der Waals surface area contributed by atoms with Gasteiger partial charge in [-0.2, -0.15) is 0 Å². The van der Waals surface area contributed by atoms with E-state index in [0.717, 1.165) is 44.9 Å². The van der Waals surface area contributed by atoms with Gasteiger partial charge in [0.1, 0.15) is 0 Å². The Kier molecular flexibility index (Phi) is 5.10. The van der Waals surface area contributed by atoms with Crippen LogP contribution >= 0.6 is 0 Å². The molecule has 3 nitrogen and oxygen atoms in total. The molecule has 0 heterocycles. The fourth-order valence-electron chi connectivity index (χ4n) is 7.89. The van der Waals surface area contributed by atoms with Crippen molar-refractivity contribution >= 4 is 0 Å². The van der Waals surface area contributed by atoms with Gasteiger partial charge in [-0.25, -0.2) is 0 Å². The summed E-state index contributed by atoms with van der Waals surface area (Å²) in [5.74, 6) is 2.08. The van der Waals surface area contributed by atoms with Crippen LogP contribution in [-0.2, 0) is 0 Å². The van der Waals surface area contributed by atoms with E-state index in [9.17, 15) is 10.2 Å². The number of hydrogen-bond acceptors (Lipinski definition) is 3. The lowest BCUT2D eigenvalue weighted by Gasteiger charge is -2.63. The van der Waals surface area contributed by atoms with Crippen LogP contribution in [-0.4, -0.2) is 33.6 Å². The molecule has 0 aromatic heterocycles. The quantitative estimate of drug-likeness (QED) is 0.648. The first-order valence-corrected chi connectivity index (χ1v) is 11.2. The summed E-state index contributed by atoms with van der Waals surface area (Å²) in [5, 5.41) is 31.2. The van der Waals surface area contributed by atoms with Gasteiger partial charge >= 0.3 is 0 Å². The molecule has 0 aromatic rings. The molecule has 8 atom stereocenters. The maximum atomic E-state index is 12.1. The van der Waals surface area contributed by atoms with Crippen LogP contribution in [0, 0.1) is 34.5 Å². The van der Waals surface area contributed by atoms with Gasteiger partial charge in [0.05, 0.1) is 18.3 Å². The molecular formula is C24H38O3. The fourth-order valence-corrected chi connectivity index (χ4v) is 7.89. The minimum atomic E-state index is -0.546. The number of aliphatic hydroxyl groups is 3. The van der Waals surface area contributed by atoms with Crippen molar-refractivity contribution < 1.29 is 15.3 Å². The molecule has 4 fully saturated rings. The highest BCUT2D eigenvalue weighted by Gasteiger charge is 2.66. The molecule has 0 saturated heterocycles. The van der Waals surface area contributed by atoms with Gasteiger partial charge in [-0.3, -0.25) is 0 Å². The van der Waals surface area contributed by atoms with Crippen molar-refractivity contribution in [2.24, 2.45) is 34.5 Å². The van der Waals surface area contributed by atoms with Crippen LogP contribution in [0.1, 0.15) is 71.6 Å². The summed E-state index contributed by atoms with van der Waals surface area (Å²) in [7, 11) is 0. The lowest BCUT2D eigenvalue weighted by atomic mass is 9.43. The predicted molar refractivity (Wildman–Crippen MR) is 108 cm³/mol. The average Bonchev–Trinajstić information content (AvgIpc) is 2.91. The zero-order chi connectivity index (χ0) is 19.3. The number of rotatable bonds is 3. The molecule has 3 heteroatoms. The number of allylic oxidation sites excluding steroid dienone is 3. The Morgan fingerprint density at radius 3 is 2.52 bits per heavy atom. The molecule has 0 unspecified atom stereocenters. The van der Waals surface area contributed by atoms with E-state index in [2.05, 4.69) is 26.0 Å². The molecule has 0 aliphatic heterocycles. The molecular weight excluding hydrogens is 336 g/mol. The van der Waals surface area contributed by atoms with E-state index in [1.54, 1.807) is 6.08 Å². The first-order valence-electron chi connectivity index (χ1n) is 11.2. The van der Waals surface area contributed by atoms with Crippen LogP contribution in [0.2, 0.25) is 0 Å². The van der Waals surface area contributed by atoms with E-state index < -0.39 is 5.60 Å². The summed E-state index contributed by atoms with van der Waals surface area (Å²) in [4.78, 5) is 0. The zero-order valence-corrected chi connectivity index (χ0v) is 17.1. The molecule has 4 aliphatic carbocycles. The third-order valence-corrected chi connectivity index (χ3v) is 9.59. The molecule has 4 saturated carbocycles. The summed E-state index contributed by atoms with van der Waals surface area (Å²) < 4.78 is 0. The van der Waals surface area contributed by atoms with Gasteiger partial charge in [-0.05, 0) is 86.9 Å². The van der Waals surface area contributed by atoms with E-state index in [0.29, 0.717) is 29.1 Å². The average molecular weight is 375 g/mol. The SMILES string of the molecule is C[C@]12CC[C@H](O)C[C@H]1CC[C@@H]1[C@@H]2CC[C@]2(C)[C@@H](/C=C/C=C/CO)CC[C@]12O. The smallest absolute Gasteiger partial charge is 0.0737 e. The number of aliphatic hydroxyl groups excluding tert-OH is 2. The lowest BCUT2D eigenvalue weighted by molar-refractivity contribution is -0.207. The normalized spacial score (nSPS) is 52.7. The molecule has 152 valence electrons. The van der Waals surface area contributed by atoms with E-state index in [4.69, 9.17) is 5.11 Å². The van der Waals surface area contributed by atoms with Crippen molar-refractivity contribution in [3.05, 3.63) is 24.3 Å². The molecule has 4 rings (SSSR count). The summed E-state index contributed by atoms with van der Waals surface area (Å²) in [6.07, 6.45) is 17.6. The molecule has 3 N–H and O–H groups in total. The van der Waals surface area contributed by atoms with Crippen LogP contribution < -0.4 is 0 Å². The van der Waals surface area contributed by atoms with E-state index in [-0.39, 0.29) is 18.1 Å². The molecule has 0 bridgehead atoms. The van der Waals surface area contributed by atoms with E-state index >= 15 is 0 Å². The Hall–Kier alpha value is -0.640. The molecule has 0 spiro atoms. The van der Waals surface area contributed by atoms with Gasteiger partial charge in [0.15, 0.2) is 0 Å². The Labute approximate surface area is 164 Å². The second kappa shape index (κ2) is 7.00. The van der Waals surface area contributed by atoms with Gasteiger partial charge in [-0.1, -0.05) is 38.2 Å². The van der Waals surface area contributed by atoms with Gasteiger partial charge in [-0.15, -0.1) is 0 Å².